The summed E-state index contributed by atoms with van der Waals surface area (Å²) in [5.74, 6) is 0. The van der Waals surface area contributed by atoms with Crippen LogP contribution in [-0.4, -0.2) is 0 Å². The quantitative estimate of drug-likeness (QED) is 0.204. The van der Waals surface area contributed by atoms with E-state index in [0.717, 1.165) is 0 Å². The Morgan fingerprint density at radius 2 is 0.911 bits per heavy atom. The third-order valence-corrected chi connectivity index (χ3v) is 19.9. The van der Waals surface area contributed by atoms with E-state index < -0.39 is 34.2 Å². The molecule has 0 saturated carbocycles. The van der Waals surface area contributed by atoms with Crippen LogP contribution in [0.15, 0.2) is 97.1 Å². The number of fused-ring (bicyclic) bond motifs is 8. The number of hydrogen-bond acceptors (Lipinski definition) is 0. The first-order chi connectivity index (χ1) is 21.3. The van der Waals surface area contributed by atoms with Gasteiger partial charge in [0.15, 0.2) is 0 Å². The molecule has 0 bridgehead atoms. The van der Waals surface area contributed by atoms with Gasteiger partial charge in [-0.25, -0.2) is 0 Å². The van der Waals surface area contributed by atoms with Crippen molar-refractivity contribution in [3.8, 4) is 0 Å². The number of aryl methyl sites for hydroxylation is 2. The zero-order chi connectivity index (χ0) is 28.1. The molecule has 45 heavy (non-hydrogen) atoms. The van der Waals surface area contributed by atoms with Crippen LogP contribution in [-0.2, 0) is 44.8 Å². The van der Waals surface area contributed by atoms with Crippen molar-refractivity contribution in [3.05, 3.63) is 141 Å². The smallest absolute Gasteiger partial charge is 1.00 e. The van der Waals surface area contributed by atoms with E-state index in [4.69, 9.17) is 0 Å². The van der Waals surface area contributed by atoms with Crippen molar-refractivity contribution >= 4 is 58.9 Å². The van der Waals surface area contributed by atoms with E-state index in [2.05, 4.69) is 109 Å². The van der Waals surface area contributed by atoms with Crippen LogP contribution in [0.5, 0.6) is 0 Å². The maximum atomic E-state index is 2.66. The maximum Gasteiger partial charge on any atom is -1.00 e. The first-order valence-electron chi connectivity index (χ1n) is 16.0. The normalized spacial score (nSPS) is 19.6. The van der Waals surface area contributed by atoms with Gasteiger partial charge in [0.05, 0.1) is 0 Å². The van der Waals surface area contributed by atoms with Crippen molar-refractivity contribution < 1.29 is 44.0 Å². The monoisotopic (exact) mass is 692 g/mol. The van der Waals surface area contributed by atoms with Gasteiger partial charge in [0, 0.05) is 0 Å². The number of benzene rings is 4. The van der Waals surface area contributed by atoms with Crippen LogP contribution >= 0.6 is 15.1 Å². The fraction of sp³-hybridized carbons (Fsp3) is 0.200. The van der Waals surface area contributed by atoms with Gasteiger partial charge in [-0.2, -0.15) is 0 Å². The largest absolute Gasteiger partial charge is 1.00 e. The summed E-state index contributed by atoms with van der Waals surface area (Å²) < 4.78 is 1.18. The van der Waals surface area contributed by atoms with Crippen molar-refractivity contribution in [1.82, 2.24) is 0 Å². The zero-order valence-electron chi connectivity index (χ0n) is 24.9. The van der Waals surface area contributed by atoms with Crippen LogP contribution in [0.2, 0.25) is 0 Å². The van der Waals surface area contributed by atoms with E-state index in [9.17, 15) is 0 Å². The summed E-state index contributed by atoms with van der Waals surface area (Å²) in [5, 5.41) is 13.6. The number of hydrogen-bond donors (Lipinski definition) is 0. The van der Waals surface area contributed by atoms with Gasteiger partial charge < -0.3 is 24.8 Å². The molecular weight excluding hydrogens is 661 g/mol. The predicted octanol–water partition coefficient (Wildman–Crippen LogP) is 5.84. The summed E-state index contributed by atoms with van der Waals surface area (Å²) in [7, 11) is -0.806. The van der Waals surface area contributed by atoms with Gasteiger partial charge in [-0.1, -0.05) is 0 Å². The molecule has 6 aromatic rings. The van der Waals surface area contributed by atoms with E-state index in [-0.39, 0.29) is 24.8 Å². The molecule has 4 unspecified atom stereocenters. The van der Waals surface area contributed by atoms with Gasteiger partial charge in [-0.15, -0.1) is 0 Å². The fourth-order valence-corrected chi connectivity index (χ4v) is 19.5. The summed E-state index contributed by atoms with van der Waals surface area (Å²) in [5.41, 5.74) is 9.63. The fourth-order valence-electron chi connectivity index (χ4n) is 8.78. The molecule has 0 saturated heterocycles. The second-order valence-electron chi connectivity index (χ2n) is 12.7. The molecule has 10 rings (SSSR count). The molecule has 0 aliphatic heterocycles. The van der Waals surface area contributed by atoms with Crippen molar-refractivity contribution in [2.24, 2.45) is 0 Å². The minimum atomic E-state index is -0.439. The van der Waals surface area contributed by atoms with Crippen LogP contribution in [0.3, 0.4) is 0 Å². The Balaban J connectivity index is 0.00000150. The third kappa shape index (κ3) is 4.45. The average Bonchev–Trinajstić information content (AvgIpc) is 3.88. The Morgan fingerprint density at radius 3 is 1.40 bits per heavy atom. The molecule has 4 aromatic carbocycles. The molecule has 4 aliphatic rings. The average molecular weight is 693 g/mol. The molecule has 4 atom stereocenters. The van der Waals surface area contributed by atoms with Crippen molar-refractivity contribution in [3.63, 3.8) is 0 Å². The summed E-state index contributed by atoms with van der Waals surface area (Å²) in [6.07, 6.45) is 13.1. The topological polar surface area (TPSA) is 0 Å². The van der Waals surface area contributed by atoms with Crippen LogP contribution in [0.1, 0.15) is 65.3 Å². The molecule has 4 aliphatic carbocycles. The molecule has 0 fully saturated rings. The van der Waals surface area contributed by atoms with E-state index in [1.165, 1.54) is 49.7 Å². The Labute approximate surface area is 288 Å². The van der Waals surface area contributed by atoms with Crippen molar-refractivity contribution in [1.29, 1.82) is 0 Å². The Hall–Kier alpha value is -2.27. The Kier molecular flexibility index (Phi) is 7.86. The number of halogens is 2. The third-order valence-electron chi connectivity index (χ3n) is 10.5. The van der Waals surface area contributed by atoms with Gasteiger partial charge in [0.25, 0.3) is 0 Å². The summed E-state index contributed by atoms with van der Waals surface area (Å²) in [4.78, 5) is 0. The molecule has 2 heterocycles. The van der Waals surface area contributed by atoms with E-state index in [0.29, 0.717) is 8.45 Å². The van der Waals surface area contributed by atoms with E-state index in [1.54, 1.807) is 53.9 Å². The maximum absolute atomic E-state index is 2.66. The van der Waals surface area contributed by atoms with E-state index in [1.807, 2.05) is 10.6 Å². The molecule has 0 nitrogen and oxygen atoms in total. The Bertz CT molecular complexity index is 2040. The number of rotatable bonds is 4. The molecular formula is C40H32Cl2P2Ti. The second-order valence-corrected chi connectivity index (χ2v) is 19.4. The SMILES string of the molecule is C1=C(p2c3c(c4ccccc42)CCC3)[CH]([Ti+2][CH]2C(p3c4c(c5ccccc53)CCC4)=Cc3ccccc32)c2ccccc21.[Cl-].[Cl-]. The van der Waals surface area contributed by atoms with Crippen LogP contribution in [0, 0.1) is 0 Å². The van der Waals surface area contributed by atoms with Gasteiger partial charge in [0.1, 0.15) is 0 Å². The van der Waals surface area contributed by atoms with Crippen LogP contribution < -0.4 is 24.8 Å². The predicted molar refractivity (Wildman–Crippen MR) is 184 cm³/mol. The molecule has 2 aromatic heterocycles. The minimum Gasteiger partial charge on any atom is -1.00 e. The first-order valence-corrected chi connectivity index (χ1v) is 20.4. The first kappa shape index (κ1) is 30.1. The van der Waals surface area contributed by atoms with Crippen LogP contribution in [0.4, 0.5) is 0 Å². The summed E-state index contributed by atoms with van der Waals surface area (Å²) in [6.45, 7) is 0. The Morgan fingerprint density at radius 1 is 0.489 bits per heavy atom. The van der Waals surface area contributed by atoms with Gasteiger partial charge >= 0.3 is 266 Å². The van der Waals surface area contributed by atoms with E-state index >= 15 is 0 Å². The minimum absolute atomic E-state index is 0. The standard InChI is InChI=1S/2C20H16P.2ClH.Ti/c2*1-2-7-15-13-16(12-14(15)6-1)21-19-10-4-3-8-17(19)18-9-5-11-20(18)21;;;/h2*1-4,6-8,10,12-13H,5,9,11H2;2*1H;/q;;;;+2/p-2. The van der Waals surface area contributed by atoms with Gasteiger partial charge in [-0.05, 0) is 0 Å². The van der Waals surface area contributed by atoms with Crippen LogP contribution in [0.25, 0.3) is 43.8 Å². The summed E-state index contributed by atoms with van der Waals surface area (Å²) >= 11 is -0.439. The number of allylic oxidation sites excluding steroid dienone is 2. The molecule has 0 spiro atoms. The molecule has 0 amide bonds. The molecule has 0 radical (unpaired) electrons. The van der Waals surface area contributed by atoms with Gasteiger partial charge in [0.2, 0.25) is 0 Å². The second kappa shape index (κ2) is 11.8. The van der Waals surface area contributed by atoms with Crippen molar-refractivity contribution in [2.75, 3.05) is 0 Å². The molecule has 0 N–H and O–H groups in total. The van der Waals surface area contributed by atoms with Crippen molar-refractivity contribution in [2.45, 2.75) is 47.0 Å². The molecule has 220 valence electrons. The summed E-state index contributed by atoms with van der Waals surface area (Å²) in [6, 6.07) is 37.8. The molecule has 5 heteroatoms. The zero-order valence-corrected chi connectivity index (χ0v) is 29.8. The van der Waals surface area contributed by atoms with Gasteiger partial charge in [-0.3, -0.25) is 0 Å².